The first-order valence-corrected chi connectivity index (χ1v) is 3.81. The fourth-order valence-corrected chi connectivity index (χ4v) is 1.43. The summed E-state index contributed by atoms with van der Waals surface area (Å²) in [6, 6.07) is -0.342. The van der Waals surface area contributed by atoms with Crippen molar-refractivity contribution in [3.05, 3.63) is 0 Å². The van der Waals surface area contributed by atoms with Gasteiger partial charge in [0.2, 0.25) is 0 Å². The van der Waals surface area contributed by atoms with E-state index in [2.05, 4.69) is 5.32 Å². The molecule has 0 heterocycles. The van der Waals surface area contributed by atoms with Crippen LogP contribution in [0.5, 0.6) is 0 Å². The standard InChI is InChI=1S/C7H13N2O/c8-7(10)9-6-4-2-1-3-5-6/h6,8H,1-5H2,(H,9,10). The minimum Gasteiger partial charge on any atom is -0.334 e. The van der Waals surface area contributed by atoms with Gasteiger partial charge in [0.05, 0.1) is 0 Å². The molecule has 0 aromatic carbocycles. The topological polar surface area (TPSA) is 52.9 Å². The van der Waals surface area contributed by atoms with E-state index in [0.717, 1.165) is 12.8 Å². The molecular formula is C7H13N2O. The first kappa shape index (κ1) is 7.38. The first-order chi connectivity index (χ1) is 4.79. The zero-order valence-corrected chi connectivity index (χ0v) is 6.02. The number of hydrogen-bond acceptors (Lipinski definition) is 1. The van der Waals surface area contributed by atoms with E-state index in [1.807, 2.05) is 0 Å². The SMILES string of the molecule is [NH]C(=O)NC1CCCCC1. The summed E-state index contributed by atoms with van der Waals surface area (Å²) in [6.07, 6.45) is 5.80. The van der Waals surface area contributed by atoms with Crippen LogP contribution in [0.25, 0.3) is 0 Å². The second-order valence-corrected chi connectivity index (χ2v) is 2.81. The molecule has 57 valence electrons. The van der Waals surface area contributed by atoms with E-state index in [-0.39, 0.29) is 0 Å². The third-order valence-electron chi connectivity index (χ3n) is 1.94. The van der Waals surface area contributed by atoms with E-state index in [1.54, 1.807) is 0 Å². The lowest BCUT2D eigenvalue weighted by atomic mass is 9.96. The number of hydrogen-bond donors (Lipinski definition) is 1. The van der Waals surface area contributed by atoms with Gasteiger partial charge in [-0.1, -0.05) is 19.3 Å². The summed E-state index contributed by atoms with van der Waals surface area (Å²) < 4.78 is 0. The van der Waals surface area contributed by atoms with Gasteiger partial charge in [-0.05, 0) is 12.8 Å². The smallest absolute Gasteiger partial charge is 0.333 e. The highest BCUT2D eigenvalue weighted by molar-refractivity contribution is 5.71. The van der Waals surface area contributed by atoms with Crippen molar-refractivity contribution >= 4 is 6.03 Å². The van der Waals surface area contributed by atoms with Gasteiger partial charge in [-0.25, -0.2) is 10.5 Å². The quantitative estimate of drug-likeness (QED) is 0.588. The summed E-state index contributed by atoms with van der Waals surface area (Å²) in [4.78, 5) is 10.3. The number of amides is 2. The van der Waals surface area contributed by atoms with Crippen LogP contribution in [0.4, 0.5) is 4.79 Å². The lowest BCUT2D eigenvalue weighted by Gasteiger charge is -2.21. The molecule has 1 saturated carbocycles. The zero-order chi connectivity index (χ0) is 7.40. The van der Waals surface area contributed by atoms with Gasteiger partial charge in [0, 0.05) is 6.04 Å². The largest absolute Gasteiger partial charge is 0.334 e. The van der Waals surface area contributed by atoms with Crippen molar-refractivity contribution in [1.29, 1.82) is 0 Å². The maximum absolute atomic E-state index is 10.3. The number of nitrogens with one attached hydrogen (secondary N) is 2. The van der Waals surface area contributed by atoms with Gasteiger partial charge in [0.25, 0.3) is 0 Å². The maximum Gasteiger partial charge on any atom is 0.333 e. The Labute approximate surface area is 61.0 Å². The number of carbonyl (C=O) groups is 1. The minimum atomic E-state index is -0.632. The summed E-state index contributed by atoms with van der Waals surface area (Å²) in [7, 11) is 0. The van der Waals surface area contributed by atoms with E-state index in [1.165, 1.54) is 19.3 Å². The van der Waals surface area contributed by atoms with Crippen LogP contribution >= 0.6 is 0 Å². The Hall–Kier alpha value is -0.730. The Morgan fingerprint density at radius 1 is 1.30 bits per heavy atom. The minimum absolute atomic E-state index is 0.291. The van der Waals surface area contributed by atoms with Crippen LogP contribution < -0.4 is 11.1 Å². The molecule has 0 unspecified atom stereocenters. The molecule has 0 spiro atoms. The predicted molar refractivity (Wildman–Crippen MR) is 38.5 cm³/mol. The highest BCUT2D eigenvalue weighted by Crippen LogP contribution is 2.16. The molecule has 3 heteroatoms. The Morgan fingerprint density at radius 2 is 1.90 bits per heavy atom. The molecule has 1 aliphatic carbocycles. The van der Waals surface area contributed by atoms with E-state index < -0.39 is 6.03 Å². The van der Waals surface area contributed by atoms with Crippen molar-refractivity contribution in [2.75, 3.05) is 0 Å². The number of carbonyl (C=O) groups excluding carboxylic acids is 1. The van der Waals surface area contributed by atoms with Crippen molar-refractivity contribution in [3.8, 4) is 0 Å². The van der Waals surface area contributed by atoms with Crippen molar-refractivity contribution in [2.45, 2.75) is 38.1 Å². The molecule has 0 aromatic rings. The Morgan fingerprint density at radius 3 is 2.40 bits per heavy atom. The van der Waals surface area contributed by atoms with Crippen LogP contribution in [-0.2, 0) is 0 Å². The molecular weight excluding hydrogens is 128 g/mol. The lowest BCUT2D eigenvalue weighted by Crippen LogP contribution is -2.35. The Kier molecular flexibility index (Phi) is 2.54. The molecule has 2 amide bonds. The van der Waals surface area contributed by atoms with Gasteiger partial charge in [0.15, 0.2) is 0 Å². The molecule has 1 fully saturated rings. The number of urea groups is 1. The average Bonchev–Trinajstić information content (AvgIpc) is 1.88. The maximum atomic E-state index is 10.3. The summed E-state index contributed by atoms with van der Waals surface area (Å²) in [5, 5.41) is 2.61. The van der Waals surface area contributed by atoms with Gasteiger partial charge in [0.1, 0.15) is 0 Å². The molecule has 0 atom stereocenters. The van der Waals surface area contributed by atoms with Gasteiger partial charge in [-0.3, -0.25) is 0 Å². The van der Waals surface area contributed by atoms with E-state index in [4.69, 9.17) is 5.73 Å². The van der Waals surface area contributed by atoms with Crippen LogP contribution in [0.3, 0.4) is 0 Å². The normalized spacial score (nSPS) is 20.4. The fourth-order valence-electron chi connectivity index (χ4n) is 1.43. The van der Waals surface area contributed by atoms with Gasteiger partial charge in [-0.2, -0.15) is 0 Å². The molecule has 0 aliphatic heterocycles. The first-order valence-electron chi connectivity index (χ1n) is 3.81. The predicted octanol–water partition coefficient (Wildman–Crippen LogP) is 1.31. The van der Waals surface area contributed by atoms with Crippen LogP contribution in [-0.4, -0.2) is 12.1 Å². The second-order valence-electron chi connectivity index (χ2n) is 2.81. The van der Waals surface area contributed by atoms with Crippen molar-refractivity contribution in [2.24, 2.45) is 0 Å². The molecule has 0 bridgehead atoms. The summed E-state index contributed by atoms with van der Waals surface area (Å²) in [5.41, 5.74) is 6.66. The third kappa shape index (κ3) is 2.25. The highest BCUT2D eigenvalue weighted by atomic mass is 16.2. The summed E-state index contributed by atoms with van der Waals surface area (Å²) in [6.45, 7) is 0. The summed E-state index contributed by atoms with van der Waals surface area (Å²) in [5.74, 6) is 0. The van der Waals surface area contributed by atoms with Crippen LogP contribution in [0.1, 0.15) is 32.1 Å². The molecule has 10 heavy (non-hydrogen) atoms. The van der Waals surface area contributed by atoms with Crippen LogP contribution in [0, 0.1) is 0 Å². The fraction of sp³-hybridized carbons (Fsp3) is 0.857. The summed E-state index contributed by atoms with van der Waals surface area (Å²) >= 11 is 0. The zero-order valence-electron chi connectivity index (χ0n) is 6.02. The molecule has 3 nitrogen and oxygen atoms in total. The lowest BCUT2D eigenvalue weighted by molar-refractivity contribution is 0.239. The molecule has 0 aromatic heterocycles. The second kappa shape index (κ2) is 3.44. The van der Waals surface area contributed by atoms with Gasteiger partial charge in [-0.15, -0.1) is 0 Å². The van der Waals surface area contributed by atoms with Crippen LogP contribution in [0.2, 0.25) is 0 Å². The Balaban J connectivity index is 2.19. The molecule has 0 saturated heterocycles. The number of rotatable bonds is 1. The highest BCUT2D eigenvalue weighted by Gasteiger charge is 2.13. The van der Waals surface area contributed by atoms with Gasteiger partial charge >= 0.3 is 6.03 Å². The van der Waals surface area contributed by atoms with Crippen molar-refractivity contribution in [1.82, 2.24) is 11.1 Å². The molecule has 1 radical (unpaired) electrons. The van der Waals surface area contributed by atoms with Crippen molar-refractivity contribution < 1.29 is 4.79 Å². The molecule has 1 aliphatic rings. The van der Waals surface area contributed by atoms with E-state index in [9.17, 15) is 4.79 Å². The third-order valence-corrected chi connectivity index (χ3v) is 1.94. The Bertz CT molecular complexity index is 119. The van der Waals surface area contributed by atoms with Crippen LogP contribution in [0.15, 0.2) is 0 Å². The molecule has 1 rings (SSSR count). The van der Waals surface area contributed by atoms with E-state index >= 15 is 0 Å². The average molecular weight is 141 g/mol. The van der Waals surface area contributed by atoms with Crippen molar-refractivity contribution in [3.63, 3.8) is 0 Å². The monoisotopic (exact) mass is 141 g/mol. The van der Waals surface area contributed by atoms with E-state index in [0.29, 0.717) is 6.04 Å². The molecule has 2 N–H and O–H groups in total. The van der Waals surface area contributed by atoms with Gasteiger partial charge < -0.3 is 5.32 Å².